The Hall–Kier alpha value is -3.25. The molecule has 1 aromatic carbocycles. The standard InChI is InChI=1S/C21H19N5O/c1-2-19-18(13-16(1)15-3-6-22-7-4-15)21(25-24-19)17-5-8-23-20(14-17)26-9-11-27-12-10-26/h1-8,13-14H,9-12H2,(H,24,25). The van der Waals surface area contributed by atoms with Crippen molar-refractivity contribution in [2.24, 2.45) is 0 Å². The Morgan fingerprint density at radius 2 is 1.67 bits per heavy atom. The van der Waals surface area contributed by atoms with E-state index in [2.05, 4.69) is 49.3 Å². The first kappa shape index (κ1) is 16.0. The van der Waals surface area contributed by atoms with Gasteiger partial charge in [0.15, 0.2) is 0 Å². The van der Waals surface area contributed by atoms with Crippen LogP contribution in [-0.4, -0.2) is 46.5 Å². The smallest absolute Gasteiger partial charge is 0.129 e. The van der Waals surface area contributed by atoms with Gasteiger partial charge < -0.3 is 9.64 Å². The molecule has 0 saturated carbocycles. The van der Waals surface area contributed by atoms with E-state index in [4.69, 9.17) is 4.74 Å². The molecule has 1 aliphatic heterocycles. The van der Waals surface area contributed by atoms with Crippen molar-refractivity contribution in [2.75, 3.05) is 31.2 Å². The maximum Gasteiger partial charge on any atom is 0.129 e. The predicted octanol–water partition coefficient (Wildman–Crippen LogP) is 3.52. The highest BCUT2D eigenvalue weighted by Crippen LogP contribution is 2.31. The van der Waals surface area contributed by atoms with E-state index < -0.39 is 0 Å². The summed E-state index contributed by atoms with van der Waals surface area (Å²) in [6.45, 7) is 3.22. The van der Waals surface area contributed by atoms with Crippen LogP contribution < -0.4 is 4.90 Å². The number of benzene rings is 1. The second-order valence-electron chi connectivity index (χ2n) is 6.57. The zero-order valence-electron chi connectivity index (χ0n) is 14.8. The number of nitrogens with zero attached hydrogens (tertiary/aromatic N) is 4. The minimum absolute atomic E-state index is 0.743. The molecule has 0 aliphatic carbocycles. The molecular formula is C21H19N5O. The minimum Gasteiger partial charge on any atom is -0.378 e. The number of aromatic nitrogens is 4. The molecule has 4 aromatic rings. The molecule has 0 spiro atoms. The van der Waals surface area contributed by atoms with Gasteiger partial charge in [-0.1, -0.05) is 6.07 Å². The van der Waals surface area contributed by atoms with Gasteiger partial charge in [0.05, 0.1) is 18.7 Å². The second-order valence-corrected chi connectivity index (χ2v) is 6.57. The van der Waals surface area contributed by atoms with E-state index in [-0.39, 0.29) is 0 Å². The molecule has 1 saturated heterocycles. The number of H-pyrrole nitrogens is 1. The summed E-state index contributed by atoms with van der Waals surface area (Å²) in [7, 11) is 0. The Labute approximate surface area is 156 Å². The average Bonchev–Trinajstić information content (AvgIpc) is 3.18. The number of fused-ring (bicyclic) bond motifs is 1. The van der Waals surface area contributed by atoms with Crippen molar-refractivity contribution < 1.29 is 4.74 Å². The number of ether oxygens (including phenoxy) is 1. The molecule has 1 fully saturated rings. The summed E-state index contributed by atoms with van der Waals surface area (Å²) < 4.78 is 5.45. The lowest BCUT2D eigenvalue weighted by molar-refractivity contribution is 0.122. The van der Waals surface area contributed by atoms with Crippen molar-refractivity contribution in [1.82, 2.24) is 20.2 Å². The number of hydrogen-bond donors (Lipinski definition) is 1. The summed E-state index contributed by atoms with van der Waals surface area (Å²) in [5.74, 6) is 0.970. The van der Waals surface area contributed by atoms with Crippen molar-refractivity contribution >= 4 is 16.7 Å². The van der Waals surface area contributed by atoms with E-state index in [0.717, 1.165) is 65.4 Å². The van der Waals surface area contributed by atoms with E-state index in [0.29, 0.717) is 0 Å². The molecule has 1 N–H and O–H groups in total. The van der Waals surface area contributed by atoms with Gasteiger partial charge in [0.2, 0.25) is 0 Å². The van der Waals surface area contributed by atoms with Crippen LogP contribution in [0.25, 0.3) is 33.3 Å². The number of rotatable bonds is 3. The summed E-state index contributed by atoms with van der Waals surface area (Å²) >= 11 is 0. The zero-order valence-corrected chi connectivity index (χ0v) is 14.8. The highest BCUT2D eigenvalue weighted by molar-refractivity contribution is 5.95. The molecule has 6 nitrogen and oxygen atoms in total. The minimum atomic E-state index is 0.743. The lowest BCUT2D eigenvalue weighted by Gasteiger charge is -2.27. The predicted molar refractivity (Wildman–Crippen MR) is 106 cm³/mol. The number of pyridine rings is 2. The van der Waals surface area contributed by atoms with Gasteiger partial charge in [-0.3, -0.25) is 10.1 Å². The molecule has 0 radical (unpaired) electrons. The van der Waals surface area contributed by atoms with Crippen LogP contribution in [0.5, 0.6) is 0 Å². The van der Waals surface area contributed by atoms with Crippen molar-refractivity contribution in [3.63, 3.8) is 0 Å². The fourth-order valence-electron chi connectivity index (χ4n) is 3.49. The van der Waals surface area contributed by atoms with E-state index in [1.165, 1.54) is 0 Å². The van der Waals surface area contributed by atoms with Crippen molar-refractivity contribution in [3.05, 3.63) is 61.1 Å². The van der Waals surface area contributed by atoms with Crippen LogP contribution in [-0.2, 0) is 4.74 Å². The molecule has 5 rings (SSSR count). The molecule has 3 aromatic heterocycles. The van der Waals surface area contributed by atoms with Crippen molar-refractivity contribution in [2.45, 2.75) is 0 Å². The molecule has 0 atom stereocenters. The van der Waals surface area contributed by atoms with E-state index in [9.17, 15) is 0 Å². The molecule has 0 unspecified atom stereocenters. The largest absolute Gasteiger partial charge is 0.378 e. The number of aromatic amines is 1. The van der Waals surface area contributed by atoms with E-state index >= 15 is 0 Å². The molecule has 4 heterocycles. The Balaban J connectivity index is 1.57. The topological polar surface area (TPSA) is 66.9 Å². The first-order valence-corrected chi connectivity index (χ1v) is 9.06. The summed E-state index contributed by atoms with van der Waals surface area (Å²) in [5, 5.41) is 8.83. The van der Waals surface area contributed by atoms with Crippen LogP contribution in [0.3, 0.4) is 0 Å². The second kappa shape index (κ2) is 6.81. The van der Waals surface area contributed by atoms with E-state index in [1.807, 2.05) is 36.8 Å². The van der Waals surface area contributed by atoms with Crippen LogP contribution in [0.15, 0.2) is 61.1 Å². The summed E-state index contributed by atoms with van der Waals surface area (Å²) in [6, 6.07) is 14.5. The monoisotopic (exact) mass is 357 g/mol. The van der Waals surface area contributed by atoms with Crippen LogP contribution in [0.4, 0.5) is 5.82 Å². The van der Waals surface area contributed by atoms with Crippen LogP contribution in [0.1, 0.15) is 0 Å². The Kier molecular flexibility index (Phi) is 4.03. The molecule has 0 bridgehead atoms. The summed E-state index contributed by atoms with van der Waals surface area (Å²) in [5.41, 5.74) is 5.31. The number of nitrogens with one attached hydrogen (secondary N) is 1. The number of anilines is 1. The SMILES string of the molecule is c1cc(-c2ccc3[nH]nc(-c4ccnc(N5CCOCC5)c4)c3c2)ccn1. The Bertz CT molecular complexity index is 1070. The van der Waals surface area contributed by atoms with E-state index in [1.54, 1.807) is 0 Å². The van der Waals surface area contributed by atoms with Gasteiger partial charge in [0.1, 0.15) is 11.5 Å². The Morgan fingerprint density at radius 3 is 2.52 bits per heavy atom. The lowest BCUT2D eigenvalue weighted by Crippen LogP contribution is -2.36. The maximum absolute atomic E-state index is 5.45. The molecule has 134 valence electrons. The van der Waals surface area contributed by atoms with Crippen molar-refractivity contribution in [1.29, 1.82) is 0 Å². The quantitative estimate of drug-likeness (QED) is 0.608. The third-order valence-corrected chi connectivity index (χ3v) is 4.93. The normalized spacial score (nSPS) is 14.6. The molecular weight excluding hydrogens is 338 g/mol. The maximum atomic E-state index is 5.45. The van der Waals surface area contributed by atoms with Crippen molar-refractivity contribution in [3.8, 4) is 22.4 Å². The average molecular weight is 357 g/mol. The molecule has 1 aliphatic rings. The highest BCUT2D eigenvalue weighted by Gasteiger charge is 2.15. The zero-order chi connectivity index (χ0) is 18.1. The van der Waals surface area contributed by atoms with Gasteiger partial charge in [-0.2, -0.15) is 5.10 Å². The first-order chi connectivity index (χ1) is 13.4. The lowest BCUT2D eigenvalue weighted by atomic mass is 10.0. The third-order valence-electron chi connectivity index (χ3n) is 4.93. The highest BCUT2D eigenvalue weighted by atomic mass is 16.5. The first-order valence-electron chi connectivity index (χ1n) is 9.06. The summed E-state index contributed by atoms with van der Waals surface area (Å²) in [4.78, 5) is 10.9. The third kappa shape index (κ3) is 3.04. The molecule has 27 heavy (non-hydrogen) atoms. The molecule has 6 heteroatoms. The fourth-order valence-corrected chi connectivity index (χ4v) is 3.49. The van der Waals surface area contributed by atoms with Gasteiger partial charge in [-0.15, -0.1) is 0 Å². The van der Waals surface area contributed by atoms with Gasteiger partial charge in [-0.05, 0) is 47.5 Å². The Morgan fingerprint density at radius 1 is 0.852 bits per heavy atom. The van der Waals surface area contributed by atoms with Crippen LogP contribution >= 0.6 is 0 Å². The summed E-state index contributed by atoms with van der Waals surface area (Å²) in [6.07, 6.45) is 5.48. The molecule has 0 amide bonds. The van der Waals surface area contributed by atoms with Gasteiger partial charge in [-0.25, -0.2) is 4.98 Å². The number of morpholine rings is 1. The van der Waals surface area contributed by atoms with Gasteiger partial charge >= 0.3 is 0 Å². The fraction of sp³-hybridized carbons (Fsp3) is 0.190. The number of hydrogen-bond acceptors (Lipinski definition) is 5. The van der Waals surface area contributed by atoms with Crippen LogP contribution in [0, 0.1) is 0 Å². The van der Waals surface area contributed by atoms with Crippen LogP contribution in [0.2, 0.25) is 0 Å². The van der Waals surface area contributed by atoms with Gasteiger partial charge in [0.25, 0.3) is 0 Å². The van der Waals surface area contributed by atoms with Gasteiger partial charge in [0, 0.05) is 42.6 Å².